The molecular weight excluding hydrogens is 529 g/mol. The third-order valence-corrected chi connectivity index (χ3v) is 7.36. The monoisotopic (exact) mass is 555 g/mol. The molecule has 4 heterocycles. The number of rotatable bonds is 9. The Bertz CT molecular complexity index is 1730. The fourth-order valence-electron chi connectivity index (χ4n) is 5.15. The van der Waals surface area contributed by atoms with Gasteiger partial charge in [-0.1, -0.05) is 6.07 Å². The quantitative estimate of drug-likeness (QED) is 0.286. The number of aromatic carboxylic acids is 1. The summed E-state index contributed by atoms with van der Waals surface area (Å²) in [5.41, 5.74) is 3.20. The molecule has 12 heteroatoms. The van der Waals surface area contributed by atoms with Crippen LogP contribution in [0.4, 0.5) is 4.39 Å². The average molecular weight is 556 g/mol. The Balaban J connectivity index is 1.10. The second-order valence-corrected chi connectivity index (χ2v) is 9.98. The van der Waals surface area contributed by atoms with Gasteiger partial charge in [0.15, 0.2) is 6.39 Å². The van der Waals surface area contributed by atoms with Crippen LogP contribution in [-0.2, 0) is 19.7 Å². The van der Waals surface area contributed by atoms with Crippen LogP contribution in [0.3, 0.4) is 0 Å². The summed E-state index contributed by atoms with van der Waals surface area (Å²) in [5, 5.41) is 22.9. The Kier molecular flexibility index (Phi) is 7.18. The van der Waals surface area contributed by atoms with Crippen LogP contribution >= 0.6 is 0 Å². The first-order chi connectivity index (χ1) is 20.0. The van der Waals surface area contributed by atoms with Gasteiger partial charge in [-0.15, -0.1) is 9.94 Å². The highest BCUT2D eigenvalue weighted by molar-refractivity contribution is 5.92. The Morgan fingerprint density at radius 1 is 1.17 bits per heavy atom. The minimum atomic E-state index is -0.989. The lowest BCUT2D eigenvalue weighted by molar-refractivity contribution is 0.0666. The van der Waals surface area contributed by atoms with Gasteiger partial charge in [0.1, 0.15) is 24.0 Å². The first-order valence-electron chi connectivity index (χ1n) is 13.2. The van der Waals surface area contributed by atoms with Gasteiger partial charge in [0, 0.05) is 11.5 Å². The SMILES string of the molecule is N#Cc1ccc(COn2ccc(C3CCN(Cc4nc5ccc(C(=O)O)cc5n4Cc4cnco4)CC3)n2)c(F)c1. The molecule has 1 fully saturated rings. The Morgan fingerprint density at radius 2 is 2.02 bits per heavy atom. The molecule has 208 valence electrons. The van der Waals surface area contributed by atoms with Gasteiger partial charge in [-0.3, -0.25) is 4.90 Å². The molecule has 0 bridgehead atoms. The standard InChI is InChI=1S/C29H26FN7O4/c30-24-11-19(13-31)1-2-22(24)17-41-37-10-7-25(34-37)20-5-8-35(9-6-20)16-28-33-26-4-3-21(29(38)39)12-27(26)36(28)15-23-14-32-18-40-23/h1-4,7,10-12,14,18,20H,5-6,8-9,15-17H2,(H,38,39). The second-order valence-electron chi connectivity index (χ2n) is 9.98. The molecule has 2 aromatic carbocycles. The van der Waals surface area contributed by atoms with E-state index >= 15 is 0 Å². The van der Waals surface area contributed by atoms with Crippen molar-refractivity contribution >= 4 is 17.0 Å². The number of carboxylic acids is 1. The lowest BCUT2D eigenvalue weighted by Gasteiger charge is -2.31. The van der Waals surface area contributed by atoms with Crippen molar-refractivity contribution < 1.29 is 23.5 Å². The Morgan fingerprint density at radius 3 is 2.76 bits per heavy atom. The minimum absolute atomic E-state index is 0.000132. The van der Waals surface area contributed by atoms with E-state index in [0.29, 0.717) is 24.4 Å². The van der Waals surface area contributed by atoms with Crippen molar-refractivity contribution in [3.8, 4) is 6.07 Å². The van der Waals surface area contributed by atoms with E-state index in [-0.39, 0.29) is 23.7 Å². The molecule has 1 aliphatic rings. The maximum Gasteiger partial charge on any atom is 0.335 e. The zero-order valence-corrected chi connectivity index (χ0v) is 22.0. The van der Waals surface area contributed by atoms with Crippen LogP contribution in [0.5, 0.6) is 0 Å². The number of carbonyl (C=O) groups is 1. The van der Waals surface area contributed by atoms with Gasteiger partial charge >= 0.3 is 5.97 Å². The van der Waals surface area contributed by atoms with Crippen LogP contribution in [0.15, 0.2) is 65.7 Å². The molecule has 5 aromatic rings. The fourth-order valence-corrected chi connectivity index (χ4v) is 5.15. The molecule has 6 rings (SSSR count). The summed E-state index contributed by atoms with van der Waals surface area (Å²) in [4.78, 5) is 29.7. The van der Waals surface area contributed by atoms with Gasteiger partial charge in [0.25, 0.3) is 0 Å². The van der Waals surface area contributed by atoms with Crippen molar-refractivity contribution in [2.45, 2.75) is 38.5 Å². The number of oxazole rings is 1. The summed E-state index contributed by atoms with van der Waals surface area (Å²) in [6.07, 6.45) is 6.53. The number of piperidine rings is 1. The number of likely N-dealkylation sites (tertiary alicyclic amines) is 1. The predicted molar refractivity (Wildman–Crippen MR) is 143 cm³/mol. The normalized spacial score (nSPS) is 14.3. The summed E-state index contributed by atoms with van der Waals surface area (Å²) in [7, 11) is 0. The number of fused-ring (bicyclic) bond motifs is 1. The summed E-state index contributed by atoms with van der Waals surface area (Å²) in [6.45, 7) is 2.67. The van der Waals surface area contributed by atoms with E-state index in [4.69, 9.17) is 19.5 Å². The lowest BCUT2D eigenvalue weighted by atomic mass is 9.94. The van der Waals surface area contributed by atoms with E-state index < -0.39 is 11.8 Å². The summed E-state index contributed by atoms with van der Waals surface area (Å²) < 4.78 is 21.6. The number of nitriles is 1. The van der Waals surface area contributed by atoms with Crippen molar-refractivity contribution in [3.05, 3.63) is 101 Å². The van der Waals surface area contributed by atoms with Crippen molar-refractivity contribution in [1.82, 2.24) is 29.4 Å². The third-order valence-electron chi connectivity index (χ3n) is 7.36. The molecule has 1 aliphatic heterocycles. The number of hydrogen-bond donors (Lipinski definition) is 1. The van der Waals surface area contributed by atoms with Gasteiger partial charge in [-0.05, 0) is 62.3 Å². The van der Waals surface area contributed by atoms with E-state index in [2.05, 4.69) is 15.0 Å². The first kappa shape index (κ1) is 26.2. The zero-order valence-electron chi connectivity index (χ0n) is 22.0. The van der Waals surface area contributed by atoms with Crippen molar-refractivity contribution in [1.29, 1.82) is 5.26 Å². The van der Waals surface area contributed by atoms with Crippen LogP contribution in [0.25, 0.3) is 11.0 Å². The number of aromatic nitrogens is 5. The number of hydrogen-bond acceptors (Lipinski definition) is 8. The summed E-state index contributed by atoms with van der Waals surface area (Å²) in [5.74, 6) is 0.265. The highest BCUT2D eigenvalue weighted by Gasteiger charge is 2.25. The predicted octanol–water partition coefficient (Wildman–Crippen LogP) is 3.99. The maximum absolute atomic E-state index is 14.2. The van der Waals surface area contributed by atoms with Crippen molar-refractivity contribution in [3.63, 3.8) is 0 Å². The van der Waals surface area contributed by atoms with Crippen LogP contribution < -0.4 is 4.84 Å². The molecule has 3 aromatic heterocycles. The maximum atomic E-state index is 14.2. The molecule has 0 unspecified atom stereocenters. The molecule has 0 atom stereocenters. The Labute approximate surface area is 234 Å². The highest BCUT2D eigenvalue weighted by atomic mass is 19.1. The minimum Gasteiger partial charge on any atom is -0.478 e. The van der Waals surface area contributed by atoms with Gasteiger partial charge in [-0.25, -0.2) is 19.2 Å². The topological polar surface area (TPSA) is 135 Å². The van der Waals surface area contributed by atoms with Gasteiger partial charge in [-0.2, -0.15) is 5.26 Å². The molecule has 1 saturated heterocycles. The lowest BCUT2D eigenvalue weighted by Crippen LogP contribution is -2.33. The molecular formula is C29H26FN7O4. The van der Waals surface area contributed by atoms with Crippen LogP contribution in [0.1, 0.15) is 57.5 Å². The molecule has 0 saturated carbocycles. The van der Waals surface area contributed by atoms with E-state index in [1.54, 1.807) is 42.7 Å². The van der Waals surface area contributed by atoms with E-state index in [1.165, 1.54) is 17.3 Å². The molecule has 0 radical (unpaired) electrons. The Hall–Kier alpha value is -5.02. The number of halogens is 1. The van der Waals surface area contributed by atoms with Crippen molar-refractivity contribution in [2.24, 2.45) is 0 Å². The number of nitrogens with zero attached hydrogens (tertiary/aromatic N) is 7. The fraction of sp³-hybridized carbons (Fsp3) is 0.276. The van der Waals surface area contributed by atoms with Gasteiger partial charge < -0.3 is 18.9 Å². The average Bonchev–Trinajstić information content (AvgIpc) is 3.74. The summed E-state index contributed by atoms with van der Waals surface area (Å²) in [6, 6.07) is 13.1. The van der Waals surface area contributed by atoms with E-state index in [0.717, 1.165) is 48.5 Å². The summed E-state index contributed by atoms with van der Waals surface area (Å²) >= 11 is 0. The van der Waals surface area contributed by atoms with Crippen LogP contribution in [-0.4, -0.2) is 53.5 Å². The third kappa shape index (κ3) is 5.66. The number of imidazole rings is 1. The van der Waals surface area contributed by atoms with Crippen LogP contribution in [0.2, 0.25) is 0 Å². The molecule has 0 amide bonds. The molecule has 11 nitrogen and oxygen atoms in total. The van der Waals surface area contributed by atoms with E-state index in [1.807, 2.05) is 16.7 Å². The highest BCUT2D eigenvalue weighted by Crippen LogP contribution is 2.28. The van der Waals surface area contributed by atoms with Crippen molar-refractivity contribution in [2.75, 3.05) is 13.1 Å². The molecule has 0 aliphatic carbocycles. The second kappa shape index (κ2) is 11.2. The molecule has 1 N–H and O–H groups in total. The first-order valence-corrected chi connectivity index (χ1v) is 13.2. The smallest absolute Gasteiger partial charge is 0.335 e. The molecule has 41 heavy (non-hydrogen) atoms. The largest absolute Gasteiger partial charge is 0.478 e. The zero-order chi connectivity index (χ0) is 28.3. The van der Waals surface area contributed by atoms with Gasteiger partial charge in [0.2, 0.25) is 0 Å². The van der Waals surface area contributed by atoms with E-state index in [9.17, 15) is 14.3 Å². The van der Waals surface area contributed by atoms with Crippen LogP contribution in [0, 0.1) is 17.1 Å². The number of benzene rings is 2. The molecule has 0 spiro atoms. The van der Waals surface area contributed by atoms with Gasteiger partial charge in [0.05, 0.1) is 59.4 Å². The number of carboxylic acid groups (broad SMARTS) is 1.